The number of halogens is 3. The van der Waals surface area contributed by atoms with Gasteiger partial charge in [-0.05, 0) is 31.5 Å². The predicted molar refractivity (Wildman–Crippen MR) is 97.5 cm³/mol. The molecule has 0 aliphatic rings. The zero-order chi connectivity index (χ0) is 20.5. The Bertz CT molecular complexity index is 1010. The third-order valence-electron chi connectivity index (χ3n) is 4.38. The average molecular weight is 392 g/mol. The molecule has 28 heavy (non-hydrogen) atoms. The topological polar surface area (TPSA) is 94.0 Å². The van der Waals surface area contributed by atoms with Gasteiger partial charge < -0.3 is 15.6 Å². The Morgan fingerprint density at radius 2 is 2.04 bits per heavy atom. The molecule has 2 heterocycles. The maximum Gasteiger partial charge on any atom is 0.417 e. The van der Waals surface area contributed by atoms with Gasteiger partial charge in [0.2, 0.25) is 0 Å². The van der Waals surface area contributed by atoms with Gasteiger partial charge in [0.15, 0.2) is 0 Å². The molecule has 1 unspecified atom stereocenters. The van der Waals surface area contributed by atoms with Crippen molar-refractivity contribution in [3.63, 3.8) is 0 Å². The van der Waals surface area contributed by atoms with Crippen molar-refractivity contribution in [3.8, 4) is 11.3 Å². The van der Waals surface area contributed by atoms with Crippen LogP contribution in [0.1, 0.15) is 28.5 Å². The van der Waals surface area contributed by atoms with Crippen molar-refractivity contribution in [1.82, 2.24) is 15.5 Å². The van der Waals surface area contributed by atoms with E-state index in [-0.39, 0.29) is 28.5 Å². The highest BCUT2D eigenvalue weighted by Crippen LogP contribution is 2.37. The molecule has 0 saturated carbocycles. The molecule has 0 radical (unpaired) electrons. The number of amides is 1. The normalized spacial score (nSPS) is 12.9. The summed E-state index contributed by atoms with van der Waals surface area (Å²) >= 11 is 0. The van der Waals surface area contributed by atoms with Gasteiger partial charge in [0.25, 0.3) is 11.6 Å². The van der Waals surface area contributed by atoms with Crippen molar-refractivity contribution in [2.75, 3.05) is 13.1 Å². The molecular weight excluding hydrogens is 373 g/mol. The van der Waals surface area contributed by atoms with E-state index in [4.69, 9.17) is 10.3 Å². The maximum atomic E-state index is 13.4. The van der Waals surface area contributed by atoms with Gasteiger partial charge >= 0.3 is 6.18 Å². The molecule has 3 aromatic rings. The van der Waals surface area contributed by atoms with Crippen LogP contribution in [0.3, 0.4) is 0 Å². The lowest BCUT2D eigenvalue weighted by Gasteiger charge is -2.14. The van der Waals surface area contributed by atoms with E-state index in [1.54, 1.807) is 6.92 Å². The Kier molecular flexibility index (Phi) is 5.37. The van der Waals surface area contributed by atoms with E-state index in [0.29, 0.717) is 24.2 Å². The first-order valence-electron chi connectivity index (χ1n) is 8.64. The Balaban J connectivity index is 2.14. The molecule has 0 aliphatic carbocycles. The number of fused-ring (bicyclic) bond motifs is 1. The molecule has 148 valence electrons. The second kappa shape index (κ2) is 7.59. The minimum Gasteiger partial charge on any atom is -0.352 e. The number of aryl methyl sites for hydroxylation is 1. The fraction of sp³-hybridized carbons (Fsp3) is 0.316. The molecule has 0 aliphatic heterocycles. The number of alkyl halides is 3. The van der Waals surface area contributed by atoms with Crippen molar-refractivity contribution in [1.29, 1.82) is 0 Å². The van der Waals surface area contributed by atoms with E-state index in [0.717, 1.165) is 6.07 Å². The van der Waals surface area contributed by atoms with Crippen LogP contribution in [0.5, 0.6) is 0 Å². The minimum absolute atomic E-state index is 0.00370. The van der Waals surface area contributed by atoms with Crippen LogP contribution in [0.25, 0.3) is 22.4 Å². The van der Waals surface area contributed by atoms with Crippen LogP contribution < -0.4 is 11.1 Å². The summed E-state index contributed by atoms with van der Waals surface area (Å²) in [5, 5.41) is 6.91. The molecule has 6 nitrogen and oxygen atoms in total. The van der Waals surface area contributed by atoms with Crippen LogP contribution in [-0.2, 0) is 6.18 Å². The molecule has 1 atom stereocenters. The molecule has 1 aromatic carbocycles. The number of carbonyl (C=O) groups excluding carboxylic acids is 1. The molecule has 0 bridgehead atoms. The third kappa shape index (κ3) is 3.84. The number of carbonyl (C=O) groups is 1. The number of hydrogen-bond donors (Lipinski definition) is 2. The lowest BCUT2D eigenvalue weighted by atomic mass is 10.0. The molecule has 0 saturated heterocycles. The average Bonchev–Trinajstić information content (AvgIpc) is 3.05. The highest BCUT2D eigenvalue weighted by atomic mass is 19.4. The van der Waals surface area contributed by atoms with Crippen LogP contribution in [0, 0.1) is 12.8 Å². The highest BCUT2D eigenvalue weighted by Gasteiger charge is 2.34. The molecule has 3 rings (SSSR count). The molecule has 0 spiro atoms. The number of nitrogens with two attached hydrogens (primary N) is 1. The van der Waals surface area contributed by atoms with Crippen LogP contribution in [0.4, 0.5) is 13.2 Å². The number of hydrogen-bond acceptors (Lipinski definition) is 5. The van der Waals surface area contributed by atoms with Crippen molar-refractivity contribution in [3.05, 3.63) is 47.2 Å². The molecule has 0 fully saturated rings. The highest BCUT2D eigenvalue weighted by molar-refractivity contribution is 6.07. The smallest absolute Gasteiger partial charge is 0.352 e. The molecular formula is C19H19F3N4O2. The van der Waals surface area contributed by atoms with Gasteiger partial charge in [-0.1, -0.05) is 30.3 Å². The number of pyridine rings is 1. The Morgan fingerprint density at radius 1 is 1.32 bits per heavy atom. The second-order valence-corrected chi connectivity index (χ2v) is 6.60. The van der Waals surface area contributed by atoms with Crippen LogP contribution >= 0.6 is 0 Å². The van der Waals surface area contributed by atoms with Crippen molar-refractivity contribution in [2.24, 2.45) is 11.7 Å². The summed E-state index contributed by atoms with van der Waals surface area (Å²) in [6.07, 6.45) is -4.57. The van der Waals surface area contributed by atoms with Crippen molar-refractivity contribution in [2.45, 2.75) is 20.0 Å². The quantitative estimate of drug-likeness (QED) is 0.693. The van der Waals surface area contributed by atoms with Gasteiger partial charge in [-0.2, -0.15) is 13.2 Å². The molecule has 9 heteroatoms. The SMILES string of the molecule is Cc1noc2nc(-c3ccccc3C(F)(F)F)cc(C(=O)NCC(C)CN)c12. The number of nitrogens with one attached hydrogen (secondary N) is 1. The van der Waals surface area contributed by atoms with E-state index in [1.165, 1.54) is 24.3 Å². The Labute approximate surface area is 158 Å². The van der Waals surface area contributed by atoms with Gasteiger partial charge in [-0.25, -0.2) is 4.98 Å². The zero-order valence-corrected chi connectivity index (χ0v) is 15.3. The van der Waals surface area contributed by atoms with Crippen molar-refractivity contribution >= 4 is 17.0 Å². The van der Waals surface area contributed by atoms with E-state index >= 15 is 0 Å². The van der Waals surface area contributed by atoms with Gasteiger partial charge in [0.05, 0.1) is 27.9 Å². The molecule has 1 amide bonds. The first-order valence-corrected chi connectivity index (χ1v) is 8.64. The lowest BCUT2D eigenvalue weighted by Crippen LogP contribution is -2.31. The summed E-state index contributed by atoms with van der Waals surface area (Å²) in [6, 6.07) is 6.38. The first kappa shape index (κ1) is 19.8. The summed E-state index contributed by atoms with van der Waals surface area (Å²) in [7, 11) is 0. The van der Waals surface area contributed by atoms with Crippen LogP contribution in [-0.4, -0.2) is 29.1 Å². The lowest BCUT2D eigenvalue weighted by molar-refractivity contribution is -0.137. The largest absolute Gasteiger partial charge is 0.417 e. The predicted octanol–water partition coefficient (Wildman–Crippen LogP) is 3.54. The summed E-state index contributed by atoms with van der Waals surface area (Å²) in [4.78, 5) is 16.9. The minimum atomic E-state index is -4.57. The zero-order valence-electron chi connectivity index (χ0n) is 15.3. The Hall–Kier alpha value is -2.94. The van der Waals surface area contributed by atoms with E-state index < -0.39 is 17.6 Å². The number of rotatable bonds is 5. The molecule has 2 aromatic heterocycles. The monoisotopic (exact) mass is 392 g/mol. The number of benzene rings is 1. The summed E-state index contributed by atoms with van der Waals surface area (Å²) < 4.78 is 45.3. The van der Waals surface area contributed by atoms with E-state index in [2.05, 4.69) is 15.5 Å². The fourth-order valence-electron chi connectivity index (χ4n) is 2.81. The first-order chi connectivity index (χ1) is 13.2. The van der Waals surface area contributed by atoms with E-state index in [9.17, 15) is 18.0 Å². The second-order valence-electron chi connectivity index (χ2n) is 6.60. The molecule has 3 N–H and O–H groups in total. The summed E-state index contributed by atoms with van der Waals surface area (Å²) in [5.74, 6) is -0.403. The standard InChI is InChI=1S/C19H19F3N4O2/c1-10(8-23)9-24-17(27)13-7-15(25-18-16(13)11(2)26-28-18)12-5-3-4-6-14(12)19(20,21)22/h3-7,10H,8-9,23H2,1-2H3,(H,24,27). The van der Waals surface area contributed by atoms with Crippen LogP contribution in [0.15, 0.2) is 34.9 Å². The van der Waals surface area contributed by atoms with Crippen molar-refractivity contribution < 1.29 is 22.5 Å². The summed E-state index contributed by atoms with van der Waals surface area (Å²) in [5.41, 5.74) is 5.13. The maximum absolute atomic E-state index is 13.4. The van der Waals surface area contributed by atoms with Gasteiger partial charge in [0.1, 0.15) is 0 Å². The fourth-order valence-corrected chi connectivity index (χ4v) is 2.81. The van der Waals surface area contributed by atoms with Crippen LogP contribution in [0.2, 0.25) is 0 Å². The Morgan fingerprint density at radius 3 is 2.71 bits per heavy atom. The van der Waals surface area contributed by atoms with Gasteiger partial charge in [-0.3, -0.25) is 4.79 Å². The van der Waals surface area contributed by atoms with Gasteiger partial charge in [0, 0.05) is 12.1 Å². The number of nitrogens with zero attached hydrogens (tertiary/aromatic N) is 2. The van der Waals surface area contributed by atoms with Gasteiger partial charge in [-0.15, -0.1) is 0 Å². The number of aromatic nitrogens is 2. The third-order valence-corrected chi connectivity index (χ3v) is 4.38. The van der Waals surface area contributed by atoms with E-state index in [1.807, 2.05) is 6.92 Å². The summed E-state index contributed by atoms with van der Waals surface area (Å²) in [6.45, 7) is 4.23.